The molecule has 0 bridgehead atoms. The van der Waals surface area contributed by atoms with Crippen LogP contribution in [0.1, 0.15) is 24.0 Å². The number of aliphatic hydroxyl groups is 1. The molecule has 2 aliphatic heterocycles. The first kappa shape index (κ1) is 14.1. The Labute approximate surface area is 131 Å². The molecule has 3 aliphatic rings. The number of aliphatic hydroxyl groups excluding tert-OH is 1. The van der Waals surface area contributed by atoms with Crippen molar-refractivity contribution in [1.82, 2.24) is 0 Å². The molecule has 1 N–H and O–H groups in total. The van der Waals surface area contributed by atoms with E-state index in [1.165, 1.54) is 11.1 Å². The van der Waals surface area contributed by atoms with Crippen LogP contribution in [0, 0.1) is 0 Å². The van der Waals surface area contributed by atoms with Crippen LogP contribution in [0.4, 0.5) is 0 Å². The second-order valence-electron chi connectivity index (χ2n) is 7.48. The fourth-order valence-electron chi connectivity index (χ4n) is 4.42. The van der Waals surface area contributed by atoms with Crippen molar-refractivity contribution in [1.29, 1.82) is 0 Å². The van der Waals surface area contributed by atoms with Crippen LogP contribution >= 0.6 is 0 Å². The SMILES string of the molecule is COc1ccc2c3c1O[C@H]1[C@H](O)CC=C[C@]31CC[N+](C)(C)C2. The van der Waals surface area contributed by atoms with Gasteiger partial charge in [-0.15, -0.1) is 0 Å². The van der Waals surface area contributed by atoms with Gasteiger partial charge < -0.3 is 19.1 Å². The monoisotopic (exact) mass is 302 g/mol. The molecule has 0 fully saturated rings. The van der Waals surface area contributed by atoms with Crippen molar-refractivity contribution in [2.75, 3.05) is 27.7 Å². The van der Waals surface area contributed by atoms with E-state index >= 15 is 0 Å². The predicted octanol–water partition coefficient (Wildman–Crippen LogP) is 1.99. The second kappa shape index (κ2) is 4.49. The van der Waals surface area contributed by atoms with Gasteiger partial charge in [0.1, 0.15) is 12.6 Å². The highest BCUT2D eigenvalue weighted by atomic mass is 16.5. The third-order valence-corrected chi connectivity index (χ3v) is 5.52. The van der Waals surface area contributed by atoms with Crippen LogP contribution < -0.4 is 9.47 Å². The van der Waals surface area contributed by atoms with Crippen molar-refractivity contribution >= 4 is 0 Å². The van der Waals surface area contributed by atoms with Crippen molar-refractivity contribution in [3.8, 4) is 11.5 Å². The molecule has 1 spiro atoms. The first-order valence-electron chi connectivity index (χ1n) is 8.02. The number of ether oxygens (including phenoxy) is 2. The lowest BCUT2D eigenvalue weighted by atomic mass is 9.68. The lowest BCUT2D eigenvalue weighted by Crippen LogP contribution is -2.48. The van der Waals surface area contributed by atoms with Gasteiger partial charge in [0.05, 0.1) is 39.3 Å². The zero-order valence-corrected chi connectivity index (χ0v) is 13.5. The largest absolute Gasteiger partial charge is 0.493 e. The number of hydrogen-bond acceptors (Lipinski definition) is 3. The molecule has 0 aromatic heterocycles. The van der Waals surface area contributed by atoms with E-state index in [2.05, 4.69) is 32.3 Å². The molecular weight excluding hydrogens is 278 g/mol. The molecule has 118 valence electrons. The van der Waals surface area contributed by atoms with E-state index < -0.39 is 6.10 Å². The molecule has 0 saturated carbocycles. The zero-order chi connectivity index (χ0) is 15.5. The average molecular weight is 302 g/mol. The smallest absolute Gasteiger partial charge is 0.166 e. The summed E-state index contributed by atoms with van der Waals surface area (Å²) in [6, 6.07) is 4.17. The first-order chi connectivity index (χ1) is 10.5. The summed E-state index contributed by atoms with van der Waals surface area (Å²) in [4.78, 5) is 0. The maximum atomic E-state index is 10.5. The van der Waals surface area contributed by atoms with Gasteiger partial charge >= 0.3 is 0 Å². The highest BCUT2D eigenvalue weighted by Gasteiger charge is 2.56. The van der Waals surface area contributed by atoms with E-state index in [1.807, 2.05) is 6.07 Å². The molecule has 22 heavy (non-hydrogen) atoms. The molecular formula is C18H24NO3+. The maximum Gasteiger partial charge on any atom is 0.166 e. The minimum Gasteiger partial charge on any atom is -0.493 e. The van der Waals surface area contributed by atoms with Crippen molar-refractivity contribution < 1.29 is 19.1 Å². The Morgan fingerprint density at radius 2 is 2.18 bits per heavy atom. The maximum absolute atomic E-state index is 10.5. The third-order valence-electron chi connectivity index (χ3n) is 5.52. The van der Waals surface area contributed by atoms with Gasteiger partial charge in [-0.2, -0.15) is 0 Å². The number of quaternary nitrogens is 1. The number of methoxy groups -OCH3 is 1. The number of benzene rings is 1. The van der Waals surface area contributed by atoms with Crippen LogP contribution in [0.3, 0.4) is 0 Å². The van der Waals surface area contributed by atoms with Crippen LogP contribution in [-0.2, 0) is 12.0 Å². The quantitative estimate of drug-likeness (QED) is 0.637. The van der Waals surface area contributed by atoms with E-state index in [-0.39, 0.29) is 11.5 Å². The Morgan fingerprint density at radius 1 is 1.36 bits per heavy atom. The first-order valence-corrected chi connectivity index (χ1v) is 8.02. The Hall–Kier alpha value is -1.52. The van der Waals surface area contributed by atoms with Crippen LogP contribution in [0.15, 0.2) is 24.3 Å². The lowest BCUT2D eigenvalue weighted by molar-refractivity contribution is -0.903. The molecule has 4 heteroatoms. The zero-order valence-electron chi connectivity index (χ0n) is 13.5. The van der Waals surface area contributed by atoms with Gasteiger partial charge in [0.25, 0.3) is 0 Å². The molecule has 0 saturated heterocycles. The summed E-state index contributed by atoms with van der Waals surface area (Å²) >= 11 is 0. The Balaban J connectivity index is 1.98. The van der Waals surface area contributed by atoms with E-state index in [0.29, 0.717) is 6.42 Å². The minimum absolute atomic E-state index is 0.194. The molecule has 0 radical (unpaired) electrons. The normalized spacial score (nSPS) is 34.4. The van der Waals surface area contributed by atoms with Crippen LogP contribution in [0.25, 0.3) is 0 Å². The second-order valence-corrected chi connectivity index (χ2v) is 7.48. The van der Waals surface area contributed by atoms with E-state index in [4.69, 9.17) is 9.47 Å². The molecule has 1 aromatic carbocycles. The van der Waals surface area contributed by atoms with Crippen molar-refractivity contribution in [3.05, 3.63) is 35.4 Å². The van der Waals surface area contributed by atoms with Crippen LogP contribution in [0.2, 0.25) is 0 Å². The van der Waals surface area contributed by atoms with Gasteiger partial charge in [0.2, 0.25) is 0 Å². The topological polar surface area (TPSA) is 38.7 Å². The fraction of sp³-hybridized carbons (Fsp3) is 0.556. The summed E-state index contributed by atoms with van der Waals surface area (Å²) in [6.45, 7) is 2.04. The molecule has 4 nitrogen and oxygen atoms in total. The van der Waals surface area contributed by atoms with Crippen LogP contribution in [-0.4, -0.2) is 49.5 Å². The van der Waals surface area contributed by atoms with Crippen LogP contribution in [0.5, 0.6) is 11.5 Å². The summed E-state index contributed by atoms with van der Waals surface area (Å²) in [5, 5.41) is 10.5. The highest BCUT2D eigenvalue weighted by molar-refractivity contribution is 5.60. The van der Waals surface area contributed by atoms with Gasteiger partial charge in [-0.3, -0.25) is 0 Å². The molecule has 2 heterocycles. The summed E-state index contributed by atoms with van der Waals surface area (Å²) < 4.78 is 12.7. The summed E-state index contributed by atoms with van der Waals surface area (Å²) in [7, 11) is 6.22. The summed E-state index contributed by atoms with van der Waals surface area (Å²) in [5.74, 6) is 1.62. The summed E-state index contributed by atoms with van der Waals surface area (Å²) in [6.07, 6.45) is 5.41. The van der Waals surface area contributed by atoms with Gasteiger partial charge in [0.15, 0.2) is 11.5 Å². The Morgan fingerprint density at radius 3 is 2.95 bits per heavy atom. The molecule has 1 aliphatic carbocycles. The molecule has 1 aromatic rings. The molecule has 0 unspecified atom stereocenters. The van der Waals surface area contributed by atoms with E-state index in [9.17, 15) is 5.11 Å². The molecule has 0 amide bonds. The fourth-order valence-corrected chi connectivity index (χ4v) is 4.42. The van der Waals surface area contributed by atoms with E-state index in [1.54, 1.807) is 7.11 Å². The Bertz CT molecular complexity index is 652. The van der Waals surface area contributed by atoms with Gasteiger partial charge in [-0.05, 0) is 18.6 Å². The Kier molecular flexibility index (Phi) is 2.88. The lowest BCUT2D eigenvalue weighted by Gasteiger charge is -2.37. The molecule has 4 rings (SSSR count). The van der Waals surface area contributed by atoms with Gasteiger partial charge in [-0.25, -0.2) is 0 Å². The third kappa shape index (κ3) is 1.77. The number of rotatable bonds is 1. The van der Waals surface area contributed by atoms with Gasteiger partial charge in [-0.1, -0.05) is 12.2 Å². The van der Waals surface area contributed by atoms with Crippen molar-refractivity contribution in [2.24, 2.45) is 0 Å². The number of nitrogens with zero attached hydrogens (tertiary/aromatic N) is 1. The predicted molar refractivity (Wildman–Crippen MR) is 84.1 cm³/mol. The number of hydrogen-bond donors (Lipinski definition) is 1. The average Bonchev–Trinajstić information content (AvgIpc) is 2.78. The van der Waals surface area contributed by atoms with Gasteiger partial charge in [0, 0.05) is 17.5 Å². The minimum atomic E-state index is -0.455. The highest BCUT2D eigenvalue weighted by Crippen LogP contribution is 2.56. The summed E-state index contributed by atoms with van der Waals surface area (Å²) in [5.41, 5.74) is 2.36. The van der Waals surface area contributed by atoms with Crippen molar-refractivity contribution in [2.45, 2.75) is 37.0 Å². The van der Waals surface area contributed by atoms with Crippen molar-refractivity contribution in [3.63, 3.8) is 0 Å². The van der Waals surface area contributed by atoms with E-state index in [0.717, 1.165) is 35.5 Å². The standard InChI is InChI=1S/C18H24NO3/c1-19(2)10-9-18-8-4-5-13(20)17(18)22-16-14(21-3)7-6-12(11-19)15(16)18/h4,6-8,13,17,20H,5,9-11H2,1-3H3/q+1/t13-,17+,18+/m1/s1. The molecule has 3 atom stereocenters.